The molecule has 1 atom stereocenters. The van der Waals surface area contributed by atoms with Crippen molar-refractivity contribution in [2.24, 2.45) is 5.41 Å². The summed E-state index contributed by atoms with van der Waals surface area (Å²) in [6, 6.07) is 18.3. The lowest BCUT2D eigenvalue weighted by Crippen LogP contribution is -2.33. The Kier molecular flexibility index (Phi) is 8.10. The van der Waals surface area contributed by atoms with Crippen molar-refractivity contribution in [2.75, 3.05) is 18.6 Å². The van der Waals surface area contributed by atoms with Crippen LogP contribution in [0.3, 0.4) is 0 Å². The molecule has 0 radical (unpaired) electrons. The topological polar surface area (TPSA) is 76.1 Å². The number of rotatable bonds is 7. The Bertz CT molecular complexity index is 1310. The maximum Gasteiger partial charge on any atom is 0.316 e. The van der Waals surface area contributed by atoms with Crippen molar-refractivity contribution in [1.82, 2.24) is 0 Å². The standard InChI is InChI=1S/C32H37NO5/c1-6-17-33(30(35)21-9-12-25(34)13-10-21)29-20-26(37-5)15-16-28(29)24-8-7-23-19-27(14-11-22(23)18-24)38-31(36)32(2,3)4/h9-16,19-20,24,34H,6-8,17-18H2,1-5H3. The highest BCUT2D eigenvalue weighted by Crippen LogP contribution is 2.40. The summed E-state index contributed by atoms with van der Waals surface area (Å²) in [7, 11) is 1.63. The average Bonchev–Trinajstić information content (AvgIpc) is 2.90. The van der Waals surface area contributed by atoms with Crippen LogP contribution < -0.4 is 14.4 Å². The van der Waals surface area contributed by atoms with E-state index in [0.29, 0.717) is 23.6 Å². The Morgan fingerprint density at radius 2 is 1.68 bits per heavy atom. The minimum absolute atomic E-state index is 0.108. The van der Waals surface area contributed by atoms with Gasteiger partial charge in [-0.05, 0) is 112 Å². The normalized spacial score (nSPS) is 14.9. The second kappa shape index (κ2) is 11.3. The van der Waals surface area contributed by atoms with Crippen molar-refractivity contribution in [3.8, 4) is 17.2 Å². The average molecular weight is 516 g/mol. The maximum absolute atomic E-state index is 13.6. The molecule has 1 aliphatic rings. The van der Waals surface area contributed by atoms with Crippen molar-refractivity contribution in [3.05, 3.63) is 82.9 Å². The predicted molar refractivity (Wildman–Crippen MR) is 149 cm³/mol. The van der Waals surface area contributed by atoms with Gasteiger partial charge in [-0.1, -0.05) is 19.1 Å². The van der Waals surface area contributed by atoms with Crippen LogP contribution in [0.5, 0.6) is 17.2 Å². The number of phenols is 1. The molecule has 0 saturated heterocycles. The molecule has 6 heteroatoms. The lowest BCUT2D eigenvalue weighted by atomic mass is 9.79. The summed E-state index contributed by atoms with van der Waals surface area (Å²) >= 11 is 0. The molecule has 1 amide bonds. The molecule has 0 heterocycles. The van der Waals surface area contributed by atoms with Crippen LogP contribution in [0.25, 0.3) is 0 Å². The molecule has 0 bridgehead atoms. The molecule has 1 aliphatic carbocycles. The molecule has 0 spiro atoms. The Balaban J connectivity index is 1.64. The number of benzene rings is 3. The Morgan fingerprint density at radius 1 is 0.974 bits per heavy atom. The molecule has 1 unspecified atom stereocenters. The van der Waals surface area contributed by atoms with Crippen LogP contribution in [-0.2, 0) is 17.6 Å². The Hall–Kier alpha value is -3.80. The van der Waals surface area contributed by atoms with Crippen LogP contribution in [0, 0.1) is 5.41 Å². The molecule has 0 aliphatic heterocycles. The number of hydrogen-bond acceptors (Lipinski definition) is 5. The fourth-order valence-corrected chi connectivity index (χ4v) is 4.86. The summed E-state index contributed by atoms with van der Waals surface area (Å²) in [5, 5.41) is 9.69. The van der Waals surface area contributed by atoms with Gasteiger partial charge in [-0.15, -0.1) is 0 Å². The second-order valence-electron chi connectivity index (χ2n) is 10.9. The van der Waals surface area contributed by atoms with E-state index >= 15 is 0 Å². The van der Waals surface area contributed by atoms with Gasteiger partial charge in [-0.25, -0.2) is 0 Å². The van der Waals surface area contributed by atoms with Gasteiger partial charge in [-0.3, -0.25) is 9.59 Å². The van der Waals surface area contributed by atoms with Gasteiger partial charge < -0.3 is 19.5 Å². The number of anilines is 1. The summed E-state index contributed by atoms with van der Waals surface area (Å²) in [6.45, 7) is 8.15. The number of aromatic hydroxyl groups is 1. The van der Waals surface area contributed by atoms with Crippen molar-refractivity contribution < 1.29 is 24.2 Å². The van der Waals surface area contributed by atoms with Crippen LogP contribution in [0.15, 0.2) is 60.7 Å². The fourth-order valence-electron chi connectivity index (χ4n) is 4.86. The highest BCUT2D eigenvalue weighted by molar-refractivity contribution is 6.06. The summed E-state index contributed by atoms with van der Waals surface area (Å²) < 4.78 is 11.2. The van der Waals surface area contributed by atoms with Gasteiger partial charge in [0.05, 0.1) is 18.2 Å². The highest BCUT2D eigenvalue weighted by Gasteiger charge is 2.28. The largest absolute Gasteiger partial charge is 0.508 e. The Morgan fingerprint density at radius 3 is 2.34 bits per heavy atom. The number of fused-ring (bicyclic) bond motifs is 1. The van der Waals surface area contributed by atoms with Gasteiger partial charge in [-0.2, -0.15) is 0 Å². The quantitative estimate of drug-likeness (QED) is 0.281. The number of nitrogens with zero attached hydrogens (tertiary/aromatic N) is 1. The SMILES string of the molecule is CCCN(C(=O)c1ccc(O)cc1)c1cc(OC)ccc1C1CCc2cc(OC(=O)C(C)(C)C)ccc2C1. The van der Waals surface area contributed by atoms with Gasteiger partial charge in [0, 0.05) is 18.2 Å². The minimum Gasteiger partial charge on any atom is -0.508 e. The number of esters is 1. The number of hydrogen-bond donors (Lipinski definition) is 1. The molecule has 6 nitrogen and oxygen atoms in total. The lowest BCUT2D eigenvalue weighted by molar-refractivity contribution is -0.143. The van der Waals surface area contributed by atoms with E-state index in [2.05, 4.69) is 19.1 Å². The maximum atomic E-state index is 13.6. The summed E-state index contributed by atoms with van der Waals surface area (Å²) in [5.41, 5.74) is 4.35. The van der Waals surface area contributed by atoms with Crippen LogP contribution in [0.2, 0.25) is 0 Å². The molecule has 1 N–H and O–H groups in total. The van der Waals surface area contributed by atoms with Crippen LogP contribution in [0.1, 0.15) is 73.5 Å². The van der Waals surface area contributed by atoms with Crippen LogP contribution in [-0.4, -0.2) is 30.6 Å². The number of carbonyl (C=O) groups is 2. The molecular weight excluding hydrogens is 478 g/mol. The van der Waals surface area contributed by atoms with Gasteiger partial charge in [0.25, 0.3) is 5.91 Å². The van der Waals surface area contributed by atoms with E-state index in [1.54, 1.807) is 19.2 Å². The molecule has 0 saturated carbocycles. The number of carbonyl (C=O) groups excluding carboxylic acids is 2. The number of amides is 1. The molecule has 4 rings (SSSR count). The molecular formula is C32H37NO5. The first kappa shape index (κ1) is 27.2. The third kappa shape index (κ3) is 6.01. The van der Waals surface area contributed by atoms with E-state index < -0.39 is 5.41 Å². The van der Waals surface area contributed by atoms with Crippen LogP contribution >= 0.6 is 0 Å². The van der Waals surface area contributed by atoms with E-state index in [0.717, 1.165) is 36.9 Å². The van der Waals surface area contributed by atoms with E-state index in [1.165, 1.54) is 23.3 Å². The monoisotopic (exact) mass is 515 g/mol. The van der Waals surface area contributed by atoms with Crippen molar-refractivity contribution in [2.45, 2.75) is 59.3 Å². The number of aryl methyl sites for hydroxylation is 1. The van der Waals surface area contributed by atoms with Crippen molar-refractivity contribution in [1.29, 1.82) is 0 Å². The molecule has 200 valence electrons. The van der Waals surface area contributed by atoms with Gasteiger partial charge in [0.1, 0.15) is 17.2 Å². The van der Waals surface area contributed by atoms with E-state index in [9.17, 15) is 14.7 Å². The zero-order valence-corrected chi connectivity index (χ0v) is 22.9. The predicted octanol–water partition coefficient (Wildman–Crippen LogP) is 6.68. The fraction of sp³-hybridized carbons (Fsp3) is 0.375. The summed E-state index contributed by atoms with van der Waals surface area (Å²) in [5.74, 6) is 1.28. The van der Waals surface area contributed by atoms with E-state index in [4.69, 9.17) is 9.47 Å². The molecule has 38 heavy (non-hydrogen) atoms. The highest BCUT2D eigenvalue weighted by atomic mass is 16.5. The number of ether oxygens (including phenoxy) is 2. The van der Waals surface area contributed by atoms with Crippen molar-refractivity contribution >= 4 is 17.6 Å². The molecule has 3 aromatic rings. The number of phenolic OH excluding ortho intramolecular Hbond substituents is 1. The summed E-state index contributed by atoms with van der Waals surface area (Å²) in [4.78, 5) is 27.8. The molecule has 0 aromatic heterocycles. The summed E-state index contributed by atoms with van der Waals surface area (Å²) in [6.07, 6.45) is 3.39. The second-order valence-corrected chi connectivity index (χ2v) is 10.9. The van der Waals surface area contributed by atoms with Gasteiger partial charge in [0.15, 0.2) is 0 Å². The Labute approximate surface area is 225 Å². The van der Waals surface area contributed by atoms with E-state index in [1.807, 2.05) is 49.9 Å². The minimum atomic E-state index is -0.562. The first-order valence-corrected chi connectivity index (χ1v) is 13.2. The van der Waals surface area contributed by atoms with Gasteiger partial charge >= 0.3 is 5.97 Å². The lowest BCUT2D eigenvalue weighted by Gasteiger charge is -2.31. The first-order valence-electron chi connectivity index (χ1n) is 13.2. The molecule has 0 fully saturated rings. The third-order valence-electron chi connectivity index (χ3n) is 7.00. The van der Waals surface area contributed by atoms with Crippen LogP contribution in [0.4, 0.5) is 5.69 Å². The third-order valence-corrected chi connectivity index (χ3v) is 7.00. The van der Waals surface area contributed by atoms with Gasteiger partial charge in [0.2, 0.25) is 0 Å². The van der Waals surface area contributed by atoms with E-state index in [-0.39, 0.29) is 23.5 Å². The number of methoxy groups -OCH3 is 1. The zero-order chi connectivity index (χ0) is 27.4. The molecule has 3 aromatic carbocycles. The first-order chi connectivity index (χ1) is 18.1. The van der Waals surface area contributed by atoms with Crippen molar-refractivity contribution in [3.63, 3.8) is 0 Å². The zero-order valence-electron chi connectivity index (χ0n) is 22.9. The smallest absolute Gasteiger partial charge is 0.316 e.